The minimum absolute atomic E-state index is 0.609. The van der Waals surface area contributed by atoms with Gasteiger partial charge >= 0.3 is 0 Å². The van der Waals surface area contributed by atoms with E-state index in [2.05, 4.69) is 10.00 Å². The molecular formula is C12H20N4. The van der Waals surface area contributed by atoms with Crippen LogP contribution in [-0.2, 0) is 19.6 Å². The molecule has 0 saturated heterocycles. The summed E-state index contributed by atoms with van der Waals surface area (Å²) in [4.78, 5) is 0. The van der Waals surface area contributed by atoms with Gasteiger partial charge in [0.2, 0.25) is 0 Å². The van der Waals surface area contributed by atoms with Crippen LogP contribution in [0.15, 0.2) is 0 Å². The molecule has 1 fully saturated rings. The summed E-state index contributed by atoms with van der Waals surface area (Å²) in [5.74, 6) is 0. The maximum absolute atomic E-state index is 5.89. The molecule has 0 bridgehead atoms. The first kappa shape index (κ1) is 10.3. The second-order valence-electron chi connectivity index (χ2n) is 4.92. The Morgan fingerprint density at radius 3 is 2.81 bits per heavy atom. The molecule has 0 spiro atoms. The predicted octanol–water partition coefficient (Wildman–Crippen LogP) is 1.45. The molecule has 1 aliphatic heterocycles. The molecule has 1 saturated carbocycles. The molecule has 3 N–H and O–H groups in total. The highest BCUT2D eigenvalue weighted by atomic mass is 15.3. The van der Waals surface area contributed by atoms with Gasteiger partial charge in [0.1, 0.15) is 0 Å². The molecule has 0 radical (unpaired) electrons. The molecule has 0 aromatic carbocycles. The van der Waals surface area contributed by atoms with Gasteiger partial charge in [0.05, 0.1) is 17.4 Å². The van der Waals surface area contributed by atoms with Crippen LogP contribution in [0.4, 0.5) is 0 Å². The zero-order valence-electron chi connectivity index (χ0n) is 9.71. The Bertz CT molecular complexity index is 377. The van der Waals surface area contributed by atoms with Crippen molar-refractivity contribution >= 4 is 0 Å². The second-order valence-corrected chi connectivity index (χ2v) is 4.92. The van der Waals surface area contributed by atoms with Crippen molar-refractivity contribution in [3.8, 4) is 0 Å². The maximum atomic E-state index is 5.89. The number of hydrogen-bond donors (Lipinski definition) is 2. The van der Waals surface area contributed by atoms with Crippen molar-refractivity contribution in [1.82, 2.24) is 15.1 Å². The molecule has 2 aliphatic rings. The molecule has 4 nitrogen and oxygen atoms in total. The Labute approximate surface area is 96.2 Å². The van der Waals surface area contributed by atoms with Gasteiger partial charge in [-0.25, -0.2) is 0 Å². The molecule has 1 aromatic heterocycles. The van der Waals surface area contributed by atoms with Crippen molar-refractivity contribution in [3.05, 3.63) is 17.0 Å². The average Bonchev–Trinajstić information content (AvgIpc) is 2.89. The van der Waals surface area contributed by atoms with Crippen LogP contribution in [0, 0.1) is 0 Å². The predicted molar refractivity (Wildman–Crippen MR) is 62.8 cm³/mol. The Hall–Kier alpha value is -0.870. The number of nitrogens with zero attached hydrogens (tertiary/aromatic N) is 2. The molecule has 2 heterocycles. The van der Waals surface area contributed by atoms with E-state index in [9.17, 15) is 0 Å². The Morgan fingerprint density at radius 2 is 2.06 bits per heavy atom. The van der Waals surface area contributed by atoms with E-state index in [0.29, 0.717) is 12.6 Å². The summed E-state index contributed by atoms with van der Waals surface area (Å²) in [7, 11) is 0. The van der Waals surface area contributed by atoms with Crippen LogP contribution < -0.4 is 11.1 Å². The lowest BCUT2D eigenvalue weighted by molar-refractivity contribution is 0.319. The minimum atomic E-state index is 0.609. The summed E-state index contributed by atoms with van der Waals surface area (Å²) in [6.07, 6.45) is 6.63. The monoisotopic (exact) mass is 220 g/mol. The lowest BCUT2D eigenvalue weighted by Gasteiger charge is -2.24. The second kappa shape index (κ2) is 4.18. The van der Waals surface area contributed by atoms with Crippen LogP contribution in [0.1, 0.15) is 55.1 Å². The van der Waals surface area contributed by atoms with Gasteiger partial charge in [-0.05, 0) is 12.8 Å². The van der Waals surface area contributed by atoms with Gasteiger partial charge < -0.3 is 11.1 Å². The normalized spacial score (nSPS) is 21.3. The van der Waals surface area contributed by atoms with E-state index in [0.717, 1.165) is 13.1 Å². The van der Waals surface area contributed by atoms with E-state index in [1.54, 1.807) is 0 Å². The number of nitrogens with one attached hydrogen (secondary N) is 1. The largest absolute Gasteiger partial charge is 0.325 e. The van der Waals surface area contributed by atoms with Gasteiger partial charge in [-0.3, -0.25) is 4.68 Å². The standard InChI is InChI=1S/C12H20N4/c13-6-12-10-7-14-8-11(10)15-16(12)9-4-2-1-3-5-9/h9,14H,1-8,13H2. The molecule has 0 unspecified atom stereocenters. The first-order chi connectivity index (χ1) is 7.90. The van der Waals surface area contributed by atoms with Crippen molar-refractivity contribution in [2.45, 2.75) is 57.8 Å². The van der Waals surface area contributed by atoms with E-state index in [-0.39, 0.29) is 0 Å². The van der Waals surface area contributed by atoms with Crippen LogP contribution in [-0.4, -0.2) is 9.78 Å². The number of aromatic nitrogens is 2. The Morgan fingerprint density at radius 1 is 1.25 bits per heavy atom. The number of fused-ring (bicyclic) bond motifs is 1. The van der Waals surface area contributed by atoms with E-state index in [4.69, 9.17) is 10.8 Å². The van der Waals surface area contributed by atoms with Gasteiger partial charge in [0, 0.05) is 25.2 Å². The van der Waals surface area contributed by atoms with E-state index in [1.165, 1.54) is 49.1 Å². The highest BCUT2D eigenvalue weighted by molar-refractivity contribution is 5.30. The van der Waals surface area contributed by atoms with Gasteiger partial charge in [-0.2, -0.15) is 5.10 Å². The first-order valence-corrected chi connectivity index (χ1v) is 6.40. The van der Waals surface area contributed by atoms with E-state index >= 15 is 0 Å². The Kier molecular flexibility index (Phi) is 2.69. The van der Waals surface area contributed by atoms with Crippen LogP contribution >= 0.6 is 0 Å². The van der Waals surface area contributed by atoms with Crippen LogP contribution in [0.2, 0.25) is 0 Å². The lowest BCUT2D eigenvalue weighted by Crippen LogP contribution is -2.20. The van der Waals surface area contributed by atoms with Crippen LogP contribution in [0.3, 0.4) is 0 Å². The summed E-state index contributed by atoms with van der Waals surface area (Å²) in [6.45, 7) is 2.50. The highest BCUT2D eigenvalue weighted by Crippen LogP contribution is 2.31. The van der Waals surface area contributed by atoms with Crippen molar-refractivity contribution in [1.29, 1.82) is 0 Å². The van der Waals surface area contributed by atoms with E-state index < -0.39 is 0 Å². The lowest BCUT2D eigenvalue weighted by atomic mass is 9.95. The fourth-order valence-corrected chi connectivity index (χ4v) is 3.05. The third-order valence-corrected chi connectivity index (χ3v) is 3.91. The molecule has 1 aliphatic carbocycles. The molecule has 1 aromatic rings. The summed E-state index contributed by atoms with van der Waals surface area (Å²) in [5.41, 5.74) is 9.75. The first-order valence-electron chi connectivity index (χ1n) is 6.40. The number of hydrogen-bond acceptors (Lipinski definition) is 3. The van der Waals surface area contributed by atoms with Gasteiger partial charge in [0.15, 0.2) is 0 Å². The number of nitrogens with two attached hydrogens (primary N) is 1. The van der Waals surface area contributed by atoms with E-state index in [1.807, 2.05) is 0 Å². The SMILES string of the molecule is NCc1c2c(nn1C1CCCCC1)CNC2. The Balaban J connectivity index is 1.93. The minimum Gasteiger partial charge on any atom is -0.325 e. The smallest absolute Gasteiger partial charge is 0.0811 e. The van der Waals surface area contributed by atoms with Gasteiger partial charge in [-0.1, -0.05) is 19.3 Å². The van der Waals surface area contributed by atoms with Crippen molar-refractivity contribution in [2.24, 2.45) is 5.73 Å². The van der Waals surface area contributed by atoms with Crippen molar-refractivity contribution in [2.75, 3.05) is 0 Å². The summed E-state index contributed by atoms with van der Waals surface area (Å²) in [5, 5.41) is 8.10. The third kappa shape index (κ3) is 1.57. The maximum Gasteiger partial charge on any atom is 0.0811 e. The van der Waals surface area contributed by atoms with Crippen LogP contribution in [0.25, 0.3) is 0 Å². The quantitative estimate of drug-likeness (QED) is 0.793. The molecule has 4 heteroatoms. The van der Waals surface area contributed by atoms with Gasteiger partial charge in [0.25, 0.3) is 0 Å². The molecular weight excluding hydrogens is 200 g/mol. The average molecular weight is 220 g/mol. The molecule has 16 heavy (non-hydrogen) atoms. The van der Waals surface area contributed by atoms with Crippen molar-refractivity contribution in [3.63, 3.8) is 0 Å². The summed E-state index contributed by atoms with van der Waals surface area (Å²) >= 11 is 0. The van der Waals surface area contributed by atoms with Gasteiger partial charge in [-0.15, -0.1) is 0 Å². The fraction of sp³-hybridized carbons (Fsp3) is 0.750. The highest BCUT2D eigenvalue weighted by Gasteiger charge is 2.25. The zero-order valence-corrected chi connectivity index (χ0v) is 9.71. The summed E-state index contributed by atoms with van der Waals surface area (Å²) < 4.78 is 2.24. The molecule has 3 rings (SSSR count). The topological polar surface area (TPSA) is 55.9 Å². The molecule has 0 amide bonds. The zero-order chi connectivity index (χ0) is 11.0. The van der Waals surface area contributed by atoms with Crippen LogP contribution in [0.5, 0.6) is 0 Å². The van der Waals surface area contributed by atoms with Crippen molar-refractivity contribution < 1.29 is 0 Å². The summed E-state index contributed by atoms with van der Waals surface area (Å²) in [6, 6.07) is 0.609. The molecule has 88 valence electrons. The third-order valence-electron chi connectivity index (χ3n) is 3.91. The fourth-order valence-electron chi connectivity index (χ4n) is 3.05. The number of rotatable bonds is 2. The molecule has 0 atom stereocenters.